The van der Waals surface area contributed by atoms with Crippen molar-refractivity contribution in [3.63, 3.8) is 0 Å². The van der Waals surface area contributed by atoms with E-state index in [-0.39, 0.29) is 22.9 Å². The molecule has 1 aliphatic rings. The van der Waals surface area contributed by atoms with E-state index in [4.69, 9.17) is 4.74 Å². The minimum absolute atomic E-state index is 0.0378. The van der Waals surface area contributed by atoms with Gasteiger partial charge in [-0.1, -0.05) is 36.1 Å². The highest BCUT2D eigenvalue weighted by Gasteiger charge is 2.26. The maximum atomic E-state index is 12.8. The van der Waals surface area contributed by atoms with Crippen LogP contribution in [0.2, 0.25) is 0 Å². The predicted octanol–water partition coefficient (Wildman–Crippen LogP) is 2.91. The topological polar surface area (TPSA) is 92.8 Å². The van der Waals surface area contributed by atoms with Crippen LogP contribution >= 0.6 is 0 Å². The largest absolute Gasteiger partial charge is 0.379 e. The fourth-order valence-corrected chi connectivity index (χ4v) is 5.72. The zero-order valence-corrected chi connectivity index (χ0v) is 19.3. The van der Waals surface area contributed by atoms with Crippen molar-refractivity contribution in [2.45, 2.75) is 9.79 Å². The van der Waals surface area contributed by atoms with Gasteiger partial charge in [0.1, 0.15) is 0 Å². The summed E-state index contributed by atoms with van der Waals surface area (Å²) in [6, 6.07) is 21.4. The summed E-state index contributed by atoms with van der Waals surface area (Å²) in [5.74, 6) is 6.05. The average molecular weight is 483 g/mol. The monoisotopic (exact) mass is 482 g/mol. The zero-order valence-electron chi connectivity index (χ0n) is 17.6. The van der Waals surface area contributed by atoms with Gasteiger partial charge in [-0.05, 0) is 54.6 Å². The Morgan fingerprint density at radius 1 is 0.727 bits per heavy atom. The Hall–Kier alpha value is -3.16. The summed E-state index contributed by atoms with van der Waals surface area (Å²) >= 11 is 0. The molecule has 4 rings (SSSR count). The maximum Gasteiger partial charge on any atom is 0.261 e. The smallest absolute Gasteiger partial charge is 0.261 e. The van der Waals surface area contributed by atoms with Gasteiger partial charge in [-0.2, -0.15) is 4.31 Å². The molecular formula is C24H22N2O5S2. The van der Waals surface area contributed by atoms with Crippen LogP contribution in [0.25, 0.3) is 0 Å². The van der Waals surface area contributed by atoms with Gasteiger partial charge in [-0.3, -0.25) is 4.72 Å². The van der Waals surface area contributed by atoms with E-state index in [1.807, 2.05) is 30.3 Å². The first-order valence-corrected chi connectivity index (χ1v) is 13.1. The Morgan fingerprint density at radius 2 is 1.33 bits per heavy atom. The number of hydrogen-bond donors (Lipinski definition) is 1. The quantitative estimate of drug-likeness (QED) is 0.565. The number of morpholine rings is 1. The molecule has 1 fully saturated rings. The van der Waals surface area contributed by atoms with E-state index in [9.17, 15) is 16.8 Å². The highest BCUT2D eigenvalue weighted by atomic mass is 32.2. The fourth-order valence-electron chi connectivity index (χ4n) is 3.27. The third kappa shape index (κ3) is 5.61. The Kier molecular flexibility index (Phi) is 6.81. The van der Waals surface area contributed by atoms with Crippen LogP contribution in [0.15, 0.2) is 88.7 Å². The lowest BCUT2D eigenvalue weighted by Crippen LogP contribution is -2.40. The van der Waals surface area contributed by atoms with Gasteiger partial charge in [0.25, 0.3) is 10.0 Å². The van der Waals surface area contributed by atoms with Crippen molar-refractivity contribution >= 4 is 25.7 Å². The fraction of sp³-hybridized carbons (Fsp3) is 0.167. The second-order valence-corrected chi connectivity index (χ2v) is 10.9. The first-order chi connectivity index (χ1) is 15.8. The summed E-state index contributed by atoms with van der Waals surface area (Å²) in [7, 11) is -7.61. The van der Waals surface area contributed by atoms with E-state index >= 15 is 0 Å². The van der Waals surface area contributed by atoms with Crippen molar-refractivity contribution in [1.29, 1.82) is 0 Å². The van der Waals surface area contributed by atoms with E-state index in [2.05, 4.69) is 16.6 Å². The summed E-state index contributed by atoms with van der Waals surface area (Å²) in [6.45, 7) is 1.22. The van der Waals surface area contributed by atoms with Crippen LogP contribution in [0.1, 0.15) is 11.1 Å². The summed E-state index contributed by atoms with van der Waals surface area (Å²) < 4.78 is 60.2. The number of ether oxygens (including phenoxy) is 1. The molecule has 1 aliphatic heterocycles. The second kappa shape index (κ2) is 9.77. The molecule has 0 unspecified atom stereocenters. The van der Waals surface area contributed by atoms with Gasteiger partial charge in [0.05, 0.1) is 28.7 Å². The van der Waals surface area contributed by atoms with Crippen LogP contribution in [0.3, 0.4) is 0 Å². The number of rotatable bonds is 5. The van der Waals surface area contributed by atoms with Gasteiger partial charge in [-0.15, -0.1) is 0 Å². The lowest BCUT2D eigenvalue weighted by Gasteiger charge is -2.26. The predicted molar refractivity (Wildman–Crippen MR) is 126 cm³/mol. The lowest BCUT2D eigenvalue weighted by atomic mass is 10.2. The molecule has 0 bridgehead atoms. The minimum Gasteiger partial charge on any atom is -0.379 e. The summed E-state index contributed by atoms with van der Waals surface area (Å²) in [5, 5.41) is 0. The molecule has 0 saturated carbocycles. The number of hydrogen-bond acceptors (Lipinski definition) is 5. The molecule has 0 spiro atoms. The van der Waals surface area contributed by atoms with Gasteiger partial charge in [-0.25, -0.2) is 16.8 Å². The van der Waals surface area contributed by atoms with E-state index in [0.717, 1.165) is 5.56 Å². The van der Waals surface area contributed by atoms with Crippen LogP contribution in [-0.4, -0.2) is 47.4 Å². The third-order valence-electron chi connectivity index (χ3n) is 4.98. The highest BCUT2D eigenvalue weighted by Crippen LogP contribution is 2.21. The Balaban J connectivity index is 1.51. The van der Waals surface area contributed by atoms with Crippen molar-refractivity contribution in [3.8, 4) is 11.8 Å². The first-order valence-electron chi connectivity index (χ1n) is 10.2. The molecule has 33 heavy (non-hydrogen) atoms. The summed E-state index contributed by atoms with van der Waals surface area (Å²) in [4.78, 5) is 0.00531. The molecule has 3 aromatic rings. The molecule has 170 valence electrons. The Bertz CT molecular complexity index is 1390. The minimum atomic E-state index is -3.91. The molecule has 0 radical (unpaired) electrons. The molecule has 0 atom stereocenters. The second-order valence-electron chi connectivity index (χ2n) is 7.29. The zero-order chi connectivity index (χ0) is 23.3. The van der Waals surface area contributed by atoms with Gasteiger partial charge >= 0.3 is 0 Å². The lowest BCUT2D eigenvalue weighted by molar-refractivity contribution is 0.0730. The van der Waals surface area contributed by atoms with Crippen molar-refractivity contribution in [3.05, 3.63) is 90.0 Å². The van der Waals surface area contributed by atoms with E-state index < -0.39 is 20.0 Å². The van der Waals surface area contributed by atoms with Gasteiger partial charge in [0, 0.05) is 24.2 Å². The SMILES string of the molecule is O=S(=O)(Nc1cccc(C#Cc2ccccc2)c1)c1ccc(S(=O)(=O)N2CCOCC2)cc1. The molecule has 1 N–H and O–H groups in total. The van der Waals surface area contributed by atoms with Crippen LogP contribution in [0.4, 0.5) is 5.69 Å². The Morgan fingerprint density at radius 3 is 2.03 bits per heavy atom. The molecule has 7 nitrogen and oxygen atoms in total. The molecule has 9 heteroatoms. The van der Waals surface area contributed by atoms with Crippen LogP contribution in [-0.2, 0) is 24.8 Å². The van der Waals surface area contributed by atoms with Crippen molar-refractivity contribution in [2.75, 3.05) is 31.0 Å². The Labute approximate surface area is 194 Å². The van der Waals surface area contributed by atoms with Crippen LogP contribution < -0.4 is 4.72 Å². The normalized spacial score (nSPS) is 14.8. The number of benzene rings is 3. The van der Waals surface area contributed by atoms with E-state index in [1.54, 1.807) is 24.3 Å². The molecule has 1 heterocycles. The van der Waals surface area contributed by atoms with E-state index in [1.165, 1.54) is 28.6 Å². The molecule has 1 saturated heterocycles. The molecular weight excluding hydrogens is 460 g/mol. The number of nitrogens with zero attached hydrogens (tertiary/aromatic N) is 1. The first kappa shape index (κ1) is 23.0. The summed E-state index contributed by atoms with van der Waals surface area (Å²) in [5.41, 5.74) is 1.88. The van der Waals surface area contributed by atoms with E-state index in [0.29, 0.717) is 24.5 Å². The summed E-state index contributed by atoms with van der Waals surface area (Å²) in [6.07, 6.45) is 0. The average Bonchev–Trinajstić information content (AvgIpc) is 2.84. The number of sulfonamides is 2. The standard InChI is InChI=1S/C24H22N2O5S2/c27-32(28,23-11-13-24(14-12-23)33(29,30)26-15-17-31-18-16-26)25-22-8-4-7-21(19-22)10-9-20-5-2-1-3-6-20/h1-8,11-14,19,25H,15-18H2. The van der Waals surface area contributed by atoms with Crippen LogP contribution in [0.5, 0.6) is 0 Å². The molecule has 0 amide bonds. The van der Waals surface area contributed by atoms with Gasteiger partial charge in [0.2, 0.25) is 10.0 Å². The molecule has 0 aromatic heterocycles. The van der Waals surface area contributed by atoms with Crippen molar-refractivity contribution < 1.29 is 21.6 Å². The highest BCUT2D eigenvalue weighted by molar-refractivity contribution is 7.92. The number of anilines is 1. The van der Waals surface area contributed by atoms with Crippen molar-refractivity contribution in [2.24, 2.45) is 0 Å². The molecule has 3 aromatic carbocycles. The number of nitrogens with one attached hydrogen (secondary N) is 1. The maximum absolute atomic E-state index is 12.8. The van der Waals surface area contributed by atoms with Gasteiger partial charge in [0.15, 0.2) is 0 Å². The van der Waals surface area contributed by atoms with Crippen molar-refractivity contribution in [1.82, 2.24) is 4.31 Å². The van der Waals surface area contributed by atoms with Crippen LogP contribution in [0, 0.1) is 11.8 Å². The molecule has 0 aliphatic carbocycles. The third-order valence-corrected chi connectivity index (χ3v) is 8.29. The van der Waals surface area contributed by atoms with Gasteiger partial charge < -0.3 is 4.74 Å².